The Morgan fingerprint density at radius 1 is 0.944 bits per heavy atom. The van der Waals surface area contributed by atoms with Crippen LogP contribution in [0, 0.1) is 9.81 Å². The van der Waals surface area contributed by atoms with E-state index in [1.54, 1.807) is 0 Å². The molecule has 1 aromatic rings. The molecule has 5 heteroatoms. The van der Waals surface area contributed by atoms with Crippen molar-refractivity contribution in [3.05, 3.63) is 38.4 Å². The Bertz CT molecular complexity index is 460. The third kappa shape index (κ3) is 1.74. The van der Waals surface area contributed by atoms with Gasteiger partial charge in [-0.15, -0.1) is 0 Å². The summed E-state index contributed by atoms with van der Waals surface area (Å²) in [6, 6.07) is 1.44. The van der Waals surface area contributed by atoms with Crippen molar-refractivity contribution in [1.29, 1.82) is 0 Å². The summed E-state index contributed by atoms with van der Waals surface area (Å²) < 4.78 is 0. The molecule has 0 N–H and O–H groups in total. The van der Waals surface area contributed by atoms with Crippen molar-refractivity contribution in [2.75, 3.05) is 0 Å². The Kier molecular flexibility index (Phi) is 2.89. The van der Waals surface area contributed by atoms with Gasteiger partial charge in [-0.3, -0.25) is 4.98 Å². The Morgan fingerprint density at radius 2 is 1.44 bits per heavy atom. The predicted octanol–water partition coefficient (Wildman–Crippen LogP) is 3.37. The molecule has 0 bridgehead atoms. The molecule has 18 heavy (non-hydrogen) atoms. The van der Waals surface area contributed by atoms with Gasteiger partial charge in [0, 0.05) is 0 Å². The fourth-order valence-corrected chi connectivity index (χ4v) is 3.06. The normalized spacial score (nSPS) is 26.0. The summed E-state index contributed by atoms with van der Waals surface area (Å²) in [5.41, 5.74) is 3.84. The van der Waals surface area contributed by atoms with Crippen molar-refractivity contribution in [2.45, 2.75) is 50.6 Å². The molecule has 2 unspecified atom stereocenters. The lowest BCUT2D eigenvalue weighted by atomic mass is 9.86. The smallest absolute Gasteiger partial charge is 0.134 e. The average Bonchev–Trinajstić information content (AvgIpc) is 2.43. The predicted molar refractivity (Wildman–Crippen MR) is 67.2 cm³/mol. The Hall–Kier alpha value is -1.65. The lowest BCUT2D eigenvalue weighted by Crippen LogP contribution is -2.17. The second-order valence-corrected chi connectivity index (χ2v) is 5.10. The quantitative estimate of drug-likeness (QED) is 0.750. The SMILES string of the molecule is O=NC1CCCc2cc3c(nc21)C(N=O)CCC3. The second kappa shape index (κ2) is 4.55. The van der Waals surface area contributed by atoms with Crippen LogP contribution in [0.2, 0.25) is 0 Å². The molecule has 0 radical (unpaired) electrons. The van der Waals surface area contributed by atoms with Gasteiger partial charge < -0.3 is 0 Å². The van der Waals surface area contributed by atoms with Gasteiger partial charge in [0.1, 0.15) is 12.1 Å². The van der Waals surface area contributed by atoms with Crippen LogP contribution < -0.4 is 0 Å². The number of fused-ring (bicyclic) bond motifs is 2. The summed E-state index contributed by atoms with van der Waals surface area (Å²) in [4.78, 5) is 26.3. The summed E-state index contributed by atoms with van der Waals surface area (Å²) in [6.45, 7) is 0. The van der Waals surface area contributed by atoms with Gasteiger partial charge in [0.25, 0.3) is 0 Å². The average molecular weight is 245 g/mol. The Balaban J connectivity index is 2.11. The van der Waals surface area contributed by atoms with E-state index in [1.165, 1.54) is 0 Å². The van der Waals surface area contributed by atoms with Crippen LogP contribution in [0.1, 0.15) is 60.3 Å². The standard InChI is InChI=1S/C13H15N3O2/c17-15-10-5-1-3-8-7-9-4-2-6-11(16-18)13(9)14-12(8)10/h7,10-11H,1-6H2. The molecule has 3 rings (SSSR count). The van der Waals surface area contributed by atoms with Crippen LogP contribution in [-0.4, -0.2) is 4.98 Å². The minimum atomic E-state index is -0.340. The highest BCUT2D eigenvalue weighted by molar-refractivity contribution is 5.36. The zero-order chi connectivity index (χ0) is 12.5. The van der Waals surface area contributed by atoms with Gasteiger partial charge in [0.05, 0.1) is 11.4 Å². The van der Waals surface area contributed by atoms with Gasteiger partial charge >= 0.3 is 0 Å². The van der Waals surface area contributed by atoms with Crippen LogP contribution in [-0.2, 0) is 12.8 Å². The molecular formula is C13H15N3O2. The van der Waals surface area contributed by atoms with E-state index in [2.05, 4.69) is 21.4 Å². The molecule has 2 aliphatic rings. The third-order valence-corrected chi connectivity index (χ3v) is 3.98. The van der Waals surface area contributed by atoms with E-state index in [4.69, 9.17) is 0 Å². The van der Waals surface area contributed by atoms with E-state index in [0.717, 1.165) is 61.0 Å². The van der Waals surface area contributed by atoms with E-state index >= 15 is 0 Å². The molecule has 94 valence electrons. The van der Waals surface area contributed by atoms with Crippen molar-refractivity contribution < 1.29 is 0 Å². The van der Waals surface area contributed by atoms with Gasteiger partial charge in [-0.2, -0.15) is 9.81 Å². The molecule has 1 aromatic heterocycles. The highest BCUT2D eigenvalue weighted by Gasteiger charge is 2.29. The number of rotatable bonds is 2. The monoisotopic (exact) mass is 245 g/mol. The maximum absolute atomic E-state index is 10.9. The van der Waals surface area contributed by atoms with Gasteiger partial charge in [0.2, 0.25) is 0 Å². The minimum absolute atomic E-state index is 0.340. The minimum Gasteiger partial charge on any atom is -0.252 e. The molecule has 2 atom stereocenters. The topological polar surface area (TPSA) is 71.8 Å². The van der Waals surface area contributed by atoms with Crippen LogP contribution in [0.25, 0.3) is 0 Å². The van der Waals surface area contributed by atoms with Crippen LogP contribution in [0.4, 0.5) is 0 Å². The molecule has 0 fully saturated rings. The number of aryl methyl sites for hydroxylation is 2. The molecule has 2 aliphatic carbocycles. The number of pyridine rings is 1. The van der Waals surface area contributed by atoms with Crippen LogP contribution in [0.15, 0.2) is 16.4 Å². The van der Waals surface area contributed by atoms with Crippen LogP contribution in [0.5, 0.6) is 0 Å². The molecule has 0 spiro atoms. The fourth-order valence-electron chi connectivity index (χ4n) is 3.06. The first kappa shape index (κ1) is 11.4. The van der Waals surface area contributed by atoms with Crippen molar-refractivity contribution in [3.63, 3.8) is 0 Å². The lowest BCUT2D eigenvalue weighted by molar-refractivity contribution is 0.517. The highest BCUT2D eigenvalue weighted by Crippen LogP contribution is 2.37. The lowest BCUT2D eigenvalue weighted by Gasteiger charge is -2.25. The van der Waals surface area contributed by atoms with Crippen molar-refractivity contribution >= 4 is 0 Å². The molecule has 0 saturated heterocycles. The molecule has 0 aliphatic heterocycles. The Labute approximate surface area is 105 Å². The summed E-state index contributed by atoms with van der Waals surface area (Å²) in [5.74, 6) is 0. The maximum Gasteiger partial charge on any atom is 0.134 e. The van der Waals surface area contributed by atoms with E-state index in [0.29, 0.717) is 0 Å². The van der Waals surface area contributed by atoms with Crippen LogP contribution >= 0.6 is 0 Å². The van der Waals surface area contributed by atoms with Crippen molar-refractivity contribution in [1.82, 2.24) is 4.98 Å². The van der Waals surface area contributed by atoms with Gasteiger partial charge in [0.15, 0.2) is 0 Å². The summed E-state index contributed by atoms with van der Waals surface area (Å²) in [6.07, 6.45) is 5.42. The third-order valence-electron chi connectivity index (χ3n) is 3.98. The molecule has 5 nitrogen and oxygen atoms in total. The largest absolute Gasteiger partial charge is 0.252 e. The number of aromatic nitrogens is 1. The van der Waals surface area contributed by atoms with Crippen molar-refractivity contribution in [3.8, 4) is 0 Å². The zero-order valence-corrected chi connectivity index (χ0v) is 10.1. The van der Waals surface area contributed by atoms with E-state index in [9.17, 15) is 9.81 Å². The van der Waals surface area contributed by atoms with E-state index in [1.807, 2.05) is 0 Å². The van der Waals surface area contributed by atoms with Crippen molar-refractivity contribution in [2.24, 2.45) is 10.4 Å². The second-order valence-electron chi connectivity index (χ2n) is 5.10. The first-order valence-corrected chi connectivity index (χ1v) is 6.51. The first-order valence-electron chi connectivity index (χ1n) is 6.51. The molecule has 0 aromatic carbocycles. The molecular weight excluding hydrogens is 230 g/mol. The zero-order valence-electron chi connectivity index (χ0n) is 10.1. The van der Waals surface area contributed by atoms with E-state index in [-0.39, 0.29) is 12.1 Å². The molecule has 0 saturated carbocycles. The fraction of sp³-hybridized carbons (Fsp3) is 0.615. The number of hydrogen-bond donors (Lipinski definition) is 0. The summed E-state index contributed by atoms with van der Waals surface area (Å²) >= 11 is 0. The molecule has 0 amide bonds. The van der Waals surface area contributed by atoms with Gasteiger partial charge in [-0.25, -0.2) is 0 Å². The van der Waals surface area contributed by atoms with E-state index < -0.39 is 0 Å². The summed E-state index contributed by atoms with van der Waals surface area (Å²) in [7, 11) is 0. The first-order chi connectivity index (χ1) is 8.83. The van der Waals surface area contributed by atoms with Gasteiger partial charge in [-0.1, -0.05) is 16.4 Å². The number of nitrogens with zero attached hydrogens (tertiary/aromatic N) is 3. The van der Waals surface area contributed by atoms with Crippen LogP contribution in [0.3, 0.4) is 0 Å². The Morgan fingerprint density at radius 3 is 1.89 bits per heavy atom. The van der Waals surface area contributed by atoms with Gasteiger partial charge in [-0.05, 0) is 49.7 Å². The number of nitroso groups, excluding NO2 is 2. The summed E-state index contributed by atoms with van der Waals surface area (Å²) in [5, 5.41) is 6.33. The highest BCUT2D eigenvalue weighted by atomic mass is 16.3. The maximum atomic E-state index is 10.9. The molecule has 1 heterocycles. The number of hydrogen-bond acceptors (Lipinski definition) is 5.